The highest BCUT2D eigenvalue weighted by Gasteiger charge is 2.23. The molecule has 0 aliphatic carbocycles. The summed E-state index contributed by atoms with van der Waals surface area (Å²) in [5.74, 6) is 0. The summed E-state index contributed by atoms with van der Waals surface area (Å²) < 4.78 is 32.9. The van der Waals surface area contributed by atoms with Crippen molar-refractivity contribution in [2.75, 3.05) is 20.3 Å². The van der Waals surface area contributed by atoms with Gasteiger partial charge in [-0.25, -0.2) is 13.1 Å². The first-order chi connectivity index (χ1) is 9.18. The SMILES string of the molecule is COCCC(C)(C)CNS(=O)(=O)c1ccc(C)cc1Br. The minimum absolute atomic E-state index is 0.153. The van der Waals surface area contributed by atoms with Crippen molar-refractivity contribution >= 4 is 26.0 Å². The van der Waals surface area contributed by atoms with Crippen LogP contribution in [-0.4, -0.2) is 28.7 Å². The topological polar surface area (TPSA) is 55.4 Å². The van der Waals surface area contributed by atoms with Gasteiger partial charge in [-0.1, -0.05) is 19.9 Å². The van der Waals surface area contributed by atoms with Crippen molar-refractivity contribution in [3.63, 3.8) is 0 Å². The van der Waals surface area contributed by atoms with Gasteiger partial charge in [0.25, 0.3) is 0 Å². The Morgan fingerprint density at radius 1 is 1.35 bits per heavy atom. The van der Waals surface area contributed by atoms with Crippen molar-refractivity contribution in [2.24, 2.45) is 5.41 Å². The van der Waals surface area contributed by atoms with Crippen LogP contribution < -0.4 is 4.72 Å². The molecule has 0 aliphatic heterocycles. The average molecular weight is 364 g/mol. The van der Waals surface area contributed by atoms with Crippen molar-refractivity contribution in [2.45, 2.75) is 32.1 Å². The van der Waals surface area contributed by atoms with Crippen LogP contribution in [0.2, 0.25) is 0 Å². The van der Waals surface area contributed by atoms with E-state index in [0.717, 1.165) is 12.0 Å². The Balaban J connectivity index is 2.80. The number of nitrogens with one attached hydrogen (secondary N) is 1. The summed E-state index contributed by atoms with van der Waals surface area (Å²) in [5, 5.41) is 0. The number of halogens is 1. The summed E-state index contributed by atoms with van der Waals surface area (Å²) in [5.41, 5.74) is 0.858. The molecule has 0 aliphatic rings. The van der Waals surface area contributed by atoms with Crippen LogP contribution in [0.3, 0.4) is 0 Å². The highest BCUT2D eigenvalue weighted by atomic mass is 79.9. The van der Waals surface area contributed by atoms with Gasteiger partial charge in [0.1, 0.15) is 0 Å². The van der Waals surface area contributed by atoms with E-state index in [2.05, 4.69) is 20.7 Å². The van der Waals surface area contributed by atoms with Crippen molar-refractivity contribution in [3.05, 3.63) is 28.2 Å². The lowest BCUT2D eigenvalue weighted by atomic mass is 9.90. The molecule has 6 heteroatoms. The molecule has 0 atom stereocenters. The first-order valence-electron chi connectivity index (χ1n) is 6.43. The Hall–Kier alpha value is -0.430. The lowest BCUT2D eigenvalue weighted by Gasteiger charge is -2.24. The van der Waals surface area contributed by atoms with Gasteiger partial charge in [-0.2, -0.15) is 0 Å². The van der Waals surface area contributed by atoms with Crippen molar-refractivity contribution < 1.29 is 13.2 Å². The predicted octanol–water partition coefficient (Wildman–Crippen LogP) is 3.10. The molecule has 0 bridgehead atoms. The second kappa shape index (κ2) is 7.02. The van der Waals surface area contributed by atoms with Gasteiger partial charge in [-0.05, 0) is 52.4 Å². The van der Waals surface area contributed by atoms with E-state index in [9.17, 15) is 8.42 Å². The summed E-state index contributed by atoms with van der Waals surface area (Å²) in [4.78, 5) is 0.269. The number of aryl methyl sites for hydroxylation is 1. The highest BCUT2D eigenvalue weighted by Crippen LogP contribution is 2.24. The lowest BCUT2D eigenvalue weighted by molar-refractivity contribution is 0.153. The van der Waals surface area contributed by atoms with Gasteiger partial charge < -0.3 is 4.74 Å². The molecule has 0 unspecified atom stereocenters. The molecule has 1 rings (SSSR count). The number of benzene rings is 1. The van der Waals surface area contributed by atoms with Crippen LogP contribution in [0.5, 0.6) is 0 Å². The fourth-order valence-corrected chi connectivity index (χ4v) is 4.09. The molecular formula is C14H22BrNO3S. The van der Waals surface area contributed by atoms with E-state index in [4.69, 9.17) is 4.74 Å². The van der Waals surface area contributed by atoms with E-state index in [1.54, 1.807) is 25.3 Å². The zero-order valence-corrected chi connectivity index (χ0v) is 14.8. The molecule has 0 aromatic heterocycles. The Morgan fingerprint density at radius 2 is 2.00 bits per heavy atom. The Labute approximate surface area is 130 Å². The number of hydrogen-bond donors (Lipinski definition) is 1. The van der Waals surface area contributed by atoms with Gasteiger partial charge in [0.05, 0.1) is 4.90 Å². The number of methoxy groups -OCH3 is 1. The maximum Gasteiger partial charge on any atom is 0.241 e. The van der Waals surface area contributed by atoms with E-state index in [0.29, 0.717) is 17.6 Å². The van der Waals surface area contributed by atoms with E-state index in [1.807, 2.05) is 20.8 Å². The minimum Gasteiger partial charge on any atom is -0.385 e. The van der Waals surface area contributed by atoms with Crippen molar-refractivity contribution in [3.8, 4) is 0 Å². The van der Waals surface area contributed by atoms with Crippen LogP contribution in [0.15, 0.2) is 27.6 Å². The lowest BCUT2D eigenvalue weighted by Crippen LogP contribution is -2.34. The molecule has 0 fully saturated rings. The molecule has 0 radical (unpaired) electrons. The third kappa shape index (κ3) is 5.16. The molecular weight excluding hydrogens is 342 g/mol. The molecule has 1 N–H and O–H groups in total. The van der Waals surface area contributed by atoms with Crippen molar-refractivity contribution in [1.29, 1.82) is 0 Å². The first-order valence-corrected chi connectivity index (χ1v) is 8.70. The second-order valence-electron chi connectivity index (χ2n) is 5.67. The molecule has 0 spiro atoms. The van der Waals surface area contributed by atoms with Gasteiger partial charge in [-0.3, -0.25) is 0 Å². The van der Waals surface area contributed by atoms with Crippen LogP contribution >= 0.6 is 15.9 Å². The Kier molecular flexibility index (Phi) is 6.19. The number of sulfonamides is 1. The minimum atomic E-state index is -3.50. The summed E-state index contributed by atoms with van der Waals surface area (Å²) in [6, 6.07) is 5.20. The smallest absolute Gasteiger partial charge is 0.241 e. The molecule has 0 heterocycles. The zero-order valence-electron chi connectivity index (χ0n) is 12.4. The highest BCUT2D eigenvalue weighted by molar-refractivity contribution is 9.10. The normalized spacial score (nSPS) is 12.7. The predicted molar refractivity (Wildman–Crippen MR) is 84.3 cm³/mol. The van der Waals surface area contributed by atoms with Gasteiger partial charge in [-0.15, -0.1) is 0 Å². The van der Waals surface area contributed by atoms with Gasteiger partial charge in [0.2, 0.25) is 10.0 Å². The number of hydrogen-bond acceptors (Lipinski definition) is 3. The van der Waals surface area contributed by atoms with Crippen LogP contribution in [0.1, 0.15) is 25.8 Å². The number of rotatable bonds is 7. The largest absolute Gasteiger partial charge is 0.385 e. The van der Waals surface area contributed by atoms with Gasteiger partial charge >= 0.3 is 0 Å². The fraction of sp³-hybridized carbons (Fsp3) is 0.571. The molecule has 0 amide bonds. The molecule has 1 aromatic rings. The van der Waals surface area contributed by atoms with Crippen LogP contribution in [0.4, 0.5) is 0 Å². The van der Waals surface area contributed by atoms with E-state index >= 15 is 0 Å². The fourth-order valence-electron chi connectivity index (χ4n) is 1.66. The van der Waals surface area contributed by atoms with Crippen LogP contribution in [0.25, 0.3) is 0 Å². The quantitative estimate of drug-likeness (QED) is 0.809. The molecule has 4 nitrogen and oxygen atoms in total. The summed E-state index contributed by atoms with van der Waals surface area (Å²) >= 11 is 3.31. The van der Waals surface area contributed by atoms with E-state index in [1.165, 1.54) is 0 Å². The van der Waals surface area contributed by atoms with Crippen molar-refractivity contribution in [1.82, 2.24) is 4.72 Å². The summed E-state index contributed by atoms with van der Waals surface area (Å²) in [6.45, 7) is 6.93. The third-order valence-electron chi connectivity index (χ3n) is 3.10. The molecule has 0 saturated carbocycles. The van der Waals surface area contributed by atoms with E-state index < -0.39 is 10.0 Å². The molecule has 0 saturated heterocycles. The summed E-state index contributed by atoms with van der Waals surface area (Å²) in [6.07, 6.45) is 0.793. The van der Waals surface area contributed by atoms with Gasteiger partial charge in [0.15, 0.2) is 0 Å². The summed E-state index contributed by atoms with van der Waals surface area (Å²) in [7, 11) is -1.86. The number of ether oxygens (including phenoxy) is 1. The molecule has 114 valence electrons. The molecule has 1 aromatic carbocycles. The third-order valence-corrected chi connectivity index (χ3v) is 5.48. The standard InChI is InChI=1S/C14H22BrNO3S/c1-11-5-6-13(12(15)9-11)20(17,18)16-10-14(2,3)7-8-19-4/h5-6,9,16H,7-8,10H2,1-4H3. The van der Waals surface area contributed by atoms with Crippen LogP contribution in [0, 0.1) is 12.3 Å². The first kappa shape index (κ1) is 17.6. The molecule has 20 heavy (non-hydrogen) atoms. The van der Waals surface area contributed by atoms with E-state index in [-0.39, 0.29) is 10.3 Å². The zero-order chi connectivity index (χ0) is 15.4. The maximum absolute atomic E-state index is 12.3. The second-order valence-corrected chi connectivity index (χ2v) is 8.26. The monoisotopic (exact) mass is 363 g/mol. The Morgan fingerprint density at radius 3 is 2.55 bits per heavy atom. The van der Waals surface area contributed by atoms with Crippen LogP contribution in [-0.2, 0) is 14.8 Å². The maximum atomic E-state index is 12.3. The Bertz CT molecular complexity index is 556. The van der Waals surface area contributed by atoms with Gasteiger partial charge in [0, 0.05) is 24.7 Å². The average Bonchev–Trinajstić information content (AvgIpc) is 2.34.